The third-order valence-electron chi connectivity index (χ3n) is 9.17. The van der Waals surface area contributed by atoms with Crippen LogP contribution in [0.2, 0.25) is 0 Å². The normalized spacial score (nSPS) is 12.8. The fourth-order valence-corrected chi connectivity index (χ4v) is 6.40. The summed E-state index contributed by atoms with van der Waals surface area (Å²) in [6, 6.07) is 0. The van der Waals surface area contributed by atoms with Gasteiger partial charge in [-0.15, -0.1) is 0 Å². The first-order valence-electron chi connectivity index (χ1n) is 21.3. The second kappa shape index (κ2) is 39.0. The summed E-state index contributed by atoms with van der Waals surface area (Å²) in [5, 5.41) is 0. The smallest absolute Gasteiger partial charge is 0.462 e. The molecule has 0 aliphatic heterocycles. The molecule has 0 bridgehead atoms. The third kappa shape index (κ3) is 41.0. The molecule has 1 atom stereocenters. The molecule has 0 radical (unpaired) electrons. The molecule has 8 nitrogen and oxygen atoms in total. The molecule has 0 aromatic rings. The van der Waals surface area contributed by atoms with Gasteiger partial charge in [-0.3, -0.25) is 14.1 Å². The quantitative estimate of drug-likeness (QED) is 0.0275. The van der Waals surface area contributed by atoms with Crippen LogP contribution in [0.25, 0.3) is 0 Å². The van der Waals surface area contributed by atoms with Crippen molar-refractivity contribution in [2.75, 3.05) is 13.2 Å². The zero-order chi connectivity index (χ0) is 38.2. The van der Waals surface area contributed by atoms with Crippen molar-refractivity contribution in [2.45, 2.75) is 213 Å². The van der Waals surface area contributed by atoms with Crippen LogP contribution in [-0.4, -0.2) is 41.0 Å². The Hall–Kier alpha value is -1.73. The van der Waals surface area contributed by atoms with Gasteiger partial charge < -0.3 is 19.3 Å². The van der Waals surface area contributed by atoms with Crippen LogP contribution in [0, 0.1) is 0 Å². The molecule has 0 spiro atoms. The highest BCUT2D eigenvalue weighted by Gasteiger charge is 2.22. The molecule has 2 N–H and O–H groups in total. The minimum Gasteiger partial charge on any atom is -0.462 e. The van der Waals surface area contributed by atoms with Crippen molar-refractivity contribution in [1.29, 1.82) is 0 Å². The van der Waals surface area contributed by atoms with Crippen molar-refractivity contribution in [3.05, 3.63) is 36.5 Å². The first-order chi connectivity index (χ1) is 25.3. The lowest BCUT2D eigenvalue weighted by molar-refractivity contribution is -0.161. The van der Waals surface area contributed by atoms with Crippen molar-refractivity contribution in [3.63, 3.8) is 0 Å². The van der Waals surface area contributed by atoms with Gasteiger partial charge >= 0.3 is 19.8 Å². The highest BCUT2D eigenvalue weighted by molar-refractivity contribution is 7.46. The predicted molar refractivity (Wildman–Crippen MR) is 216 cm³/mol. The first-order valence-corrected chi connectivity index (χ1v) is 22.8. The Morgan fingerprint density at radius 3 is 1.38 bits per heavy atom. The number of phosphoric acid groups is 1. The van der Waals surface area contributed by atoms with Gasteiger partial charge in [0.2, 0.25) is 0 Å². The Morgan fingerprint density at radius 2 is 0.923 bits per heavy atom. The average molecular weight is 755 g/mol. The molecule has 52 heavy (non-hydrogen) atoms. The molecule has 0 aliphatic rings. The van der Waals surface area contributed by atoms with E-state index in [9.17, 15) is 14.2 Å². The van der Waals surface area contributed by atoms with Gasteiger partial charge in [0.05, 0.1) is 6.61 Å². The molecular formula is C43H79O8P. The molecule has 1 unspecified atom stereocenters. The summed E-state index contributed by atoms with van der Waals surface area (Å²) in [5.41, 5.74) is 0. The van der Waals surface area contributed by atoms with Crippen LogP contribution in [0.1, 0.15) is 206 Å². The van der Waals surface area contributed by atoms with Gasteiger partial charge in [-0.2, -0.15) is 0 Å². The molecule has 304 valence electrons. The van der Waals surface area contributed by atoms with E-state index in [0.717, 1.165) is 57.8 Å². The van der Waals surface area contributed by atoms with Gasteiger partial charge in [-0.25, -0.2) is 4.57 Å². The van der Waals surface area contributed by atoms with Gasteiger partial charge in [0, 0.05) is 12.8 Å². The molecule has 0 aliphatic carbocycles. The summed E-state index contributed by atoms with van der Waals surface area (Å²) in [6.45, 7) is 3.56. The average Bonchev–Trinajstić information content (AvgIpc) is 3.11. The monoisotopic (exact) mass is 755 g/mol. The maximum absolute atomic E-state index is 12.4. The number of hydrogen-bond donors (Lipinski definition) is 2. The Labute approximate surface area is 319 Å². The van der Waals surface area contributed by atoms with Crippen LogP contribution in [0.15, 0.2) is 36.5 Å². The lowest BCUT2D eigenvalue weighted by Gasteiger charge is -2.18. The molecule has 0 fully saturated rings. The van der Waals surface area contributed by atoms with Crippen LogP contribution in [0.3, 0.4) is 0 Å². The number of phosphoric ester groups is 1. The largest absolute Gasteiger partial charge is 0.469 e. The van der Waals surface area contributed by atoms with E-state index in [0.29, 0.717) is 6.42 Å². The van der Waals surface area contributed by atoms with Gasteiger partial charge in [0.25, 0.3) is 0 Å². The standard InChI is InChI=1S/C43H79O8P/c1-3-5-7-9-11-13-15-17-18-19-20-21-22-23-24-26-27-29-31-33-35-37-42(44)49-39-41(40-50-52(46,47)48)51-43(45)38-36-34-32-30-28-25-16-14-12-10-8-6-4-2/h6,8,12,14,25,28,41H,3-5,7,9-11,13,15-24,26-27,29-40H2,1-2H3,(H2,46,47,48)/b8-6-,14-12-,28-25-. The van der Waals surface area contributed by atoms with Crippen LogP contribution < -0.4 is 0 Å². The molecule has 0 rings (SSSR count). The van der Waals surface area contributed by atoms with E-state index < -0.39 is 32.5 Å². The summed E-state index contributed by atoms with van der Waals surface area (Å²) in [5.74, 6) is -0.913. The summed E-state index contributed by atoms with van der Waals surface area (Å²) >= 11 is 0. The van der Waals surface area contributed by atoms with Crippen molar-refractivity contribution in [3.8, 4) is 0 Å². The zero-order valence-corrected chi connectivity index (χ0v) is 34.4. The molecule has 9 heteroatoms. The van der Waals surface area contributed by atoms with Crippen molar-refractivity contribution in [2.24, 2.45) is 0 Å². The van der Waals surface area contributed by atoms with Crippen molar-refractivity contribution >= 4 is 19.8 Å². The van der Waals surface area contributed by atoms with E-state index in [2.05, 4.69) is 54.8 Å². The SMILES string of the molecule is CC/C=C\C/C=C\C/C=C\CCCCCC(=O)OC(COC(=O)CCCCCCCCCCCCCCCCCCCCCCC)COP(=O)(O)O. The number of rotatable bonds is 39. The van der Waals surface area contributed by atoms with E-state index in [4.69, 9.17) is 19.3 Å². The molecule has 0 aromatic heterocycles. The van der Waals surface area contributed by atoms with Gasteiger partial charge in [-0.1, -0.05) is 185 Å². The number of carbonyl (C=O) groups is 2. The number of carbonyl (C=O) groups excluding carboxylic acids is 2. The fourth-order valence-electron chi connectivity index (χ4n) is 6.04. The van der Waals surface area contributed by atoms with E-state index >= 15 is 0 Å². The lowest BCUT2D eigenvalue weighted by atomic mass is 10.0. The van der Waals surface area contributed by atoms with Crippen LogP contribution in [0.4, 0.5) is 0 Å². The maximum Gasteiger partial charge on any atom is 0.469 e. The van der Waals surface area contributed by atoms with E-state index in [1.54, 1.807) is 0 Å². The highest BCUT2D eigenvalue weighted by Crippen LogP contribution is 2.36. The summed E-state index contributed by atoms with van der Waals surface area (Å²) in [4.78, 5) is 42.8. The van der Waals surface area contributed by atoms with Crippen molar-refractivity contribution < 1.29 is 37.9 Å². The van der Waals surface area contributed by atoms with Gasteiger partial charge in [0.1, 0.15) is 6.61 Å². The Bertz CT molecular complexity index is 941. The topological polar surface area (TPSA) is 119 Å². The molecule has 0 saturated carbocycles. The zero-order valence-electron chi connectivity index (χ0n) is 33.5. The molecule has 0 amide bonds. The Balaban J connectivity index is 3.86. The third-order valence-corrected chi connectivity index (χ3v) is 9.66. The number of ether oxygens (including phenoxy) is 2. The summed E-state index contributed by atoms with van der Waals surface area (Å²) in [6.07, 6.45) is 46.0. The lowest BCUT2D eigenvalue weighted by Crippen LogP contribution is -2.29. The Morgan fingerprint density at radius 1 is 0.519 bits per heavy atom. The van der Waals surface area contributed by atoms with Crippen LogP contribution in [-0.2, 0) is 28.2 Å². The molecule has 0 aromatic carbocycles. The predicted octanol–water partition coefficient (Wildman–Crippen LogP) is 13.0. The van der Waals surface area contributed by atoms with Crippen LogP contribution in [0.5, 0.6) is 0 Å². The Kier molecular flexibility index (Phi) is 37.7. The van der Waals surface area contributed by atoms with E-state index in [1.165, 1.54) is 116 Å². The molecular weight excluding hydrogens is 675 g/mol. The second-order valence-corrected chi connectivity index (χ2v) is 15.5. The molecule has 0 saturated heterocycles. The second-order valence-electron chi connectivity index (χ2n) is 14.3. The number of unbranched alkanes of at least 4 members (excludes halogenated alkanes) is 23. The van der Waals surface area contributed by atoms with E-state index in [-0.39, 0.29) is 19.4 Å². The first kappa shape index (κ1) is 50.3. The highest BCUT2D eigenvalue weighted by atomic mass is 31.2. The van der Waals surface area contributed by atoms with Gasteiger partial charge in [-0.05, 0) is 44.9 Å². The number of esters is 2. The summed E-state index contributed by atoms with van der Waals surface area (Å²) < 4.78 is 26.3. The number of allylic oxidation sites excluding steroid dienone is 6. The maximum atomic E-state index is 12.4. The minimum atomic E-state index is -4.76. The van der Waals surface area contributed by atoms with E-state index in [1.807, 2.05) is 0 Å². The summed E-state index contributed by atoms with van der Waals surface area (Å²) in [7, 11) is -4.76. The van der Waals surface area contributed by atoms with Crippen LogP contribution >= 0.6 is 7.82 Å². The minimum absolute atomic E-state index is 0.178. The number of hydrogen-bond acceptors (Lipinski definition) is 6. The van der Waals surface area contributed by atoms with Crippen molar-refractivity contribution in [1.82, 2.24) is 0 Å². The van der Waals surface area contributed by atoms with Gasteiger partial charge in [0.15, 0.2) is 6.10 Å². The molecule has 0 heterocycles. The fraction of sp³-hybridized carbons (Fsp3) is 0.814.